The highest BCUT2D eigenvalue weighted by Crippen LogP contribution is 2.30. The maximum absolute atomic E-state index is 12.0. The number of halogens is 2. The Kier molecular flexibility index (Phi) is 4.42. The third-order valence-electron chi connectivity index (χ3n) is 4.27. The summed E-state index contributed by atoms with van der Waals surface area (Å²) in [7, 11) is 0. The lowest BCUT2D eigenvalue weighted by Crippen LogP contribution is -2.01. The lowest BCUT2D eigenvalue weighted by molar-refractivity contribution is 0.557. The van der Waals surface area contributed by atoms with Crippen LogP contribution in [0.4, 0.5) is 0 Å². The fraction of sp³-hybridized carbons (Fsp3) is 0.167. The van der Waals surface area contributed by atoms with E-state index in [0.29, 0.717) is 32.2 Å². The fourth-order valence-corrected chi connectivity index (χ4v) is 4.20. The Morgan fingerprint density at radius 3 is 2.81 bits per heavy atom. The molecule has 4 rings (SSSR count). The van der Waals surface area contributed by atoms with Crippen molar-refractivity contribution in [2.24, 2.45) is 0 Å². The Morgan fingerprint density at radius 1 is 1.19 bits per heavy atom. The highest BCUT2D eigenvalue weighted by atomic mass is 35.5. The SMILES string of the molecule is Cc1ccc2c(CSc3nnc4c(Cl)cc(Cl)cn34)cc(=O)oc2c1C. The molecule has 0 saturated carbocycles. The van der Waals surface area contributed by atoms with E-state index in [2.05, 4.69) is 10.2 Å². The average molecular weight is 406 g/mol. The number of hydrogen-bond acceptors (Lipinski definition) is 5. The van der Waals surface area contributed by atoms with E-state index >= 15 is 0 Å². The molecule has 0 aliphatic carbocycles. The van der Waals surface area contributed by atoms with E-state index in [-0.39, 0.29) is 5.63 Å². The predicted octanol–water partition coefficient (Wildman–Crippen LogP) is 5.05. The minimum atomic E-state index is -0.362. The van der Waals surface area contributed by atoms with E-state index in [1.165, 1.54) is 17.8 Å². The molecule has 0 N–H and O–H groups in total. The maximum Gasteiger partial charge on any atom is 0.336 e. The zero-order valence-electron chi connectivity index (χ0n) is 13.9. The molecule has 0 unspecified atom stereocenters. The van der Waals surface area contributed by atoms with Crippen LogP contribution in [-0.4, -0.2) is 14.6 Å². The number of hydrogen-bond donors (Lipinski definition) is 0. The van der Waals surface area contributed by atoms with Gasteiger partial charge in [-0.15, -0.1) is 10.2 Å². The van der Waals surface area contributed by atoms with Gasteiger partial charge in [0.2, 0.25) is 0 Å². The van der Waals surface area contributed by atoms with E-state index in [1.54, 1.807) is 16.7 Å². The van der Waals surface area contributed by atoms with E-state index in [1.807, 2.05) is 26.0 Å². The molecule has 0 atom stereocenters. The van der Waals surface area contributed by atoms with Gasteiger partial charge >= 0.3 is 5.63 Å². The number of nitrogens with zero attached hydrogens (tertiary/aromatic N) is 3. The van der Waals surface area contributed by atoms with Crippen LogP contribution in [0.5, 0.6) is 0 Å². The number of aromatic nitrogens is 3. The summed E-state index contributed by atoms with van der Waals surface area (Å²) < 4.78 is 7.17. The van der Waals surface area contributed by atoms with Crippen molar-refractivity contribution in [2.75, 3.05) is 0 Å². The van der Waals surface area contributed by atoms with Crippen LogP contribution in [0.25, 0.3) is 16.6 Å². The van der Waals surface area contributed by atoms with Gasteiger partial charge in [-0.3, -0.25) is 4.40 Å². The lowest BCUT2D eigenvalue weighted by Gasteiger charge is -2.08. The number of thioether (sulfide) groups is 1. The number of pyridine rings is 1. The summed E-state index contributed by atoms with van der Waals surface area (Å²) in [6.45, 7) is 3.94. The van der Waals surface area contributed by atoms with Crippen molar-refractivity contribution in [1.29, 1.82) is 0 Å². The summed E-state index contributed by atoms with van der Waals surface area (Å²) in [6.07, 6.45) is 1.72. The lowest BCUT2D eigenvalue weighted by atomic mass is 10.0. The van der Waals surface area contributed by atoms with Gasteiger partial charge in [0.25, 0.3) is 0 Å². The van der Waals surface area contributed by atoms with Gasteiger partial charge in [0.05, 0.1) is 10.0 Å². The Bertz CT molecular complexity index is 1220. The molecule has 132 valence electrons. The Morgan fingerprint density at radius 2 is 2.00 bits per heavy atom. The molecule has 1 aromatic carbocycles. The van der Waals surface area contributed by atoms with Crippen LogP contribution < -0.4 is 5.63 Å². The number of aryl methyl sites for hydroxylation is 2. The smallest absolute Gasteiger partial charge is 0.336 e. The summed E-state index contributed by atoms with van der Waals surface area (Å²) in [6, 6.07) is 7.15. The van der Waals surface area contributed by atoms with Crippen molar-refractivity contribution in [3.05, 3.63) is 67.6 Å². The van der Waals surface area contributed by atoms with Crippen molar-refractivity contribution in [3.63, 3.8) is 0 Å². The summed E-state index contributed by atoms with van der Waals surface area (Å²) in [5.74, 6) is 0.537. The van der Waals surface area contributed by atoms with Crippen LogP contribution >= 0.6 is 35.0 Å². The summed E-state index contributed by atoms with van der Waals surface area (Å²) in [5, 5.41) is 10.8. The van der Waals surface area contributed by atoms with Gasteiger partial charge in [0.1, 0.15) is 5.58 Å². The van der Waals surface area contributed by atoms with E-state index in [0.717, 1.165) is 22.1 Å². The van der Waals surface area contributed by atoms with Gasteiger partial charge in [-0.05, 0) is 36.6 Å². The second-order valence-corrected chi connectivity index (χ2v) is 7.73. The standard InChI is InChI=1S/C18H13Cl2N3O2S/c1-9-3-4-13-11(5-15(24)25-16(13)10(9)2)8-26-18-22-21-17-14(20)6-12(19)7-23(17)18/h3-7H,8H2,1-2H3. The summed E-state index contributed by atoms with van der Waals surface area (Å²) >= 11 is 13.7. The molecule has 0 radical (unpaired) electrons. The van der Waals surface area contributed by atoms with Crippen LogP contribution in [-0.2, 0) is 5.75 Å². The molecule has 26 heavy (non-hydrogen) atoms. The van der Waals surface area contributed by atoms with Crippen LogP contribution in [0.1, 0.15) is 16.7 Å². The van der Waals surface area contributed by atoms with Gasteiger partial charge in [0, 0.05) is 23.4 Å². The molecular weight excluding hydrogens is 393 g/mol. The first-order valence-electron chi connectivity index (χ1n) is 7.79. The zero-order valence-corrected chi connectivity index (χ0v) is 16.2. The normalized spacial score (nSPS) is 11.5. The van der Waals surface area contributed by atoms with E-state index in [4.69, 9.17) is 27.6 Å². The van der Waals surface area contributed by atoms with Crippen molar-refractivity contribution in [3.8, 4) is 0 Å². The van der Waals surface area contributed by atoms with Gasteiger partial charge in [-0.1, -0.05) is 47.1 Å². The number of rotatable bonds is 3. The van der Waals surface area contributed by atoms with Gasteiger partial charge in [-0.25, -0.2) is 4.79 Å². The van der Waals surface area contributed by atoms with Crippen LogP contribution in [0.15, 0.2) is 44.8 Å². The largest absolute Gasteiger partial charge is 0.422 e. The predicted molar refractivity (Wildman–Crippen MR) is 105 cm³/mol. The number of fused-ring (bicyclic) bond motifs is 2. The monoisotopic (exact) mass is 405 g/mol. The summed E-state index contributed by atoms with van der Waals surface area (Å²) in [4.78, 5) is 12.0. The van der Waals surface area contributed by atoms with Crippen molar-refractivity contribution < 1.29 is 4.42 Å². The number of benzene rings is 1. The van der Waals surface area contributed by atoms with Gasteiger partial charge in [-0.2, -0.15) is 0 Å². The highest BCUT2D eigenvalue weighted by Gasteiger charge is 2.13. The van der Waals surface area contributed by atoms with Crippen LogP contribution in [0.3, 0.4) is 0 Å². The molecule has 0 amide bonds. The summed E-state index contributed by atoms with van der Waals surface area (Å²) in [5.41, 5.74) is 3.75. The quantitative estimate of drug-likeness (QED) is 0.352. The third-order valence-corrected chi connectivity index (χ3v) is 5.75. The average Bonchev–Trinajstić information content (AvgIpc) is 2.99. The van der Waals surface area contributed by atoms with Gasteiger partial charge in [0.15, 0.2) is 10.8 Å². The van der Waals surface area contributed by atoms with Crippen molar-refractivity contribution >= 4 is 51.6 Å². The maximum atomic E-state index is 12.0. The van der Waals surface area contributed by atoms with Crippen LogP contribution in [0.2, 0.25) is 10.0 Å². The molecule has 5 nitrogen and oxygen atoms in total. The Balaban J connectivity index is 1.75. The molecule has 0 aliphatic heterocycles. The zero-order chi connectivity index (χ0) is 18.4. The molecule has 0 spiro atoms. The Hall–Kier alpha value is -2.02. The first-order valence-corrected chi connectivity index (χ1v) is 9.53. The van der Waals surface area contributed by atoms with Crippen molar-refractivity contribution in [1.82, 2.24) is 14.6 Å². The third kappa shape index (κ3) is 2.98. The van der Waals surface area contributed by atoms with E-state index in [9.17, 15) is 4.79 Å². The van der Waals surface area contributed by atoms with Crippen LogP contribution in [0, 0.1) is 13.8 Å². The van der Waals surface area contributed by atoms with E-state index < -0.39 is 0 Å². The first kappa shape index (κ1) is 17.4. The minimum Gasteiger partial charge on any atom is -0.422 e. The molecule has 3 heterocycles. The molecular formula is C18H13Cl2N3O2S. The highest BCUT2D eigenvalue weighted by molar-refractivity contribution is 7.98. The first-order chi connectivity index (χ1) is 12.4. The molecule has 0 bridgehead atoms. The second kappa shape index (κ2) is 6.61. The molecule has 8 heteroatoms. The molecule has 3 aromatic heterocycles. The Labute approximate surface area is 162 Å². The fourth-order valence-electron chi connectivity index (χ4n) is 2.79. The molecule has 0 fully saturated rings. The second-order valence-electron chi connectivity index (χ2n) is 5.95. The van der Waals surface area contributed by atoms with Crippen molar-refractivity contribution in [2.45, 2.75) is 24.8 Å². The molecule has 0 aliphatic rings. The minimum absolute atomic E-state index is 0.362. The topological polar surface area (TPSA) is 60.4 Å². The molecule has 0 saturated heterocycles. The van der Waals surface area contributed by atoms with Gasteiger partial charge < -0.3 is 4.42 Å². The molecule has 4 aromatic rings.